The number of ether oxygens (including phenoxy) is 1. The molecule has 4 N–H and O–H groups in total. The van der Waals surface area contributed by atoms with E-state index >= 15 is 0 Å². The molecule has 0 saturated heterocycles. The quantitative estimate of drug-likeness (QED) is 0.617. The van der Waals surface area contributed by atoms with E-state index in [-0.39, 0.29) is 0 Å². The van der Waals surface area contributed by atoms with Gasteiger partial charge in [0.05, 0.1) is 7.11 Å². The zero-order valence-corrected chi connectivity index (χ0v) is 11.5. The van der Waals surface area contributed by atoms with Gasteiger partial charge in [-0.1, -0.05) is 0 Å². The van der Waals surface area contributed by atoms with Crippen molar-refractivity contribution in [3.63, 3.8) is 0 Å². The van der Waals surface area contributed by atoms with Crippen molar-refractivity contribution in [1.29, 1.82) is 0 Å². The first kappa shape index (κ1) is 16.0. The van der Waals surface area contributed by atoms with Gasteiger partial charge in [0.25, 0.3) is 5.91 Å². The van der Waals surface area contributed by atoms with Gasteiger partial charge in [0.15, 0.2) is 0 Å². The number of carbonyl (C=O) groups is 2. The highest BCUT2D eigenvalue weighted by Gasteiger charge is 2.20. The van der Waals surface area contributed by atoms with Crippen LogP contribution in [-0.2, 0) is 4.79 Å². The molecule has 0 fully saturated rings. The third-order valence-corrected chi connectivity index (χ3v) is 2.90. The summed E-state index contributed by atoms with van der Waals surface area (Å²) in [5.74, 6) is -0.809. The Morgan fingerprint density at radius 2 is 1.95 bits per heavy atom. The Morgan fingerprint density at radius 1 is 1.30 bits per heavy atom. The molecule has 0 aliphatic heterocycles. The first-order chi connectivity index (χ1) is 9.58. The maximum atomic E-state index is 12.0. The number of nitrogens with one attached hydrogen (secondary N) is 1. The van der Waals surface area contributed by atoms with Gasteiger partial charge in [-0.25, -0.2) is 4.79 Å². The number of nitrogens with two attached hydrogens (primary N) is 1. The fourth-order valence-electron chi connectivity index (χ4n) is 1.73. The summed E-state index contributed by atoms with van der Waals surface area (Å²) in [4.78, 5) is 23.0. The predicted molar refractivity (Wildman–Crippen MR) is 74.8 cm³/mol. The summed E-state index contributed by atoms with van der Waals surface area (Å²) in [6.07, 6.45) is 1.77. The molecular weight excluding hydrogens is 260 g/mol. The highest BCUT2D eigenvalue weighted by Crippen LogP contribution is 2.11. The van der Waals surface area contributed by atoms with Crippen LogP contribution in [0.3, 0.4) is 0 Å². The van der Waals surface area contributed by atoms with Crippen LogP contribution >= 0.6 is 0 Å². The van der Waals surface area contributed by atoms with Gasteiger partial charge >= 0.3 is 5.97 Å². The van der Waals surface area contributed by atoms with Crippen LogP contribution in [0.2, 0.25) is 0 Å². The number of aliphatic carboxylic acids is 1. The van der Waals surface area contributed by atoms with Gasteiger partial charge in [-0.3, -0.25) is 4.79 Å². The fourth-order valence-corrected chi connectivity index (χ4v) is 1.73. The number of carboxylic acid groups (broad SMARTS) is 1. The lowest BCUT2D eigenvalue weighted by Gasteiger charge is -2.14. The second-order valence-corrected chi connectivity index (χ2v) is 4.38. The van der Waals surface area contributed by atoms with E-state index in [1.54, 1.807) is 24.3 Å². The van der Waals surface area contributed by atoms with Crippen molar-refractivity contribution in [3.8, 4) is 5.75 Å². The van der Waals surface area contributed by atoms with E-state index in [0.29, 0.717) is 30.7 Å². The number of hydrogen-bond donors (Lipinski definition) is 3. The second kappa shape index (κ2) is 8.16. The van der Waals surface area contributed by atoms with Gasteiger partial charge in [-0.2, -0.15) is 0 Å². The monoisotopic (exact) mass is 280 g/mol. The summed E-state index contributed by atoms with van der Waals surface area (Å²) < 4.78 is 5.00. The molecule has 1 aromatic rings. The molecule has 0 aliphatic carbocycles. The van der Waals surface area contributed by atoms with Crippen molar-refractivity contribution < 1.29 is 19.4 Å². The average Bonchev–Trinajstić information content (AvgIpc) is 2.46. The summed E-state index contributed by atoms with van der Waals surface area (Å²) in [5, 5.41) is 11.6. The summed E-state index contributed by atoms with van der Waals surface area (Å²) in [6, 6.07) is 5.59. The van der Waals surface area contributed by atoms with Crippen molar-refractivity contribution >= 4 is 11.9 Å². The van der Waals surface area contributed by atoms with E-state index in [1.807, 2.05) is 0 Å². The molecule has 0 radical (unpaired) electrons. The first-order valence-electron chi connectivity index (χ1n) is 6.46. The van der Waals surface area contributed by atoms with E-state index < -0.39 is 17.9 Å². The van der Waals surface area contributed by atoms with Crippen LogP contribution in [0.15, 0.2) is 24.3 Å². The average molecular weight is 280 g/mol. The van der Waals surface area contributed by atoms with Gasteiger partial charge in [0, 0.05) is 5.56 Å². The van der Waals surface area contributed by atoms with Gasteiger partial charge in [-0.15, -0.1) is 0 Å². The highest BCUT2D eigenvalue weighted by molar-refractivity contribution is 5.96. The molecule has 0 spiro atoms. The highest BCUT2D eigenvalue weighted by atomic mass is 16.5. The Morgan fingerprint density at radius 3 is 2.45 bits per heavy atom. The van der Waals surface area contributed by atoms with E-state index in [4.69, 9.17) is 15.6 Å². The Kier molecular flexibility index (Phi) is 6.52. The Hall–Kier alpha value is -2.08. The summed E-state index contributed by atoms with van der Waals surface area (Å²) in [6.45, 7) is 0.513. The lowest BCUT2D eigenvalue weighted by Crippen LogP contribution is -2.40. The van der Waals surface area contributed by atoms with E-state index in [0.717, 1.165) is 6.42 Å². The summed E-state index contributed by atoms with van der Waals surface area (Å²) in [5.41, 5.74) is 5.76. The fraction of sp³-hybridized carbons (Fsp3) is 0.429. The molecule has 1 atom stereocenters. The minimum Gasteiger partial charge on any atom is -0.497 e. The zero-order valence-electron chi connectivity index (χ0n) is 11.5. The molecule has 0 heterocycles. The second-order valence-electron chi connectivity index (χ2n) is 4.38. The minimum absolute atomic E-state index is 0.369. The van der Waals surface area contributed by atoms with Crippen LogP contribution in [0.5, 0.6) is 5.75 Å². The van der Waals surface area contributed by atoms with Crippen LogP contribution in [0, 0.1) is 0 Å². The first-order valence-corrected chi connectivity index (χ1v) is 6.46. The van der Waals surface area contributed by atoms with Crippen molar-refractivity contribution in [2.24, 2.45) is 5.73 Å². The standard InChI is InChI=1S/C14H20N2O4/c1-20-11-7-5-10(6-8-11)13(17)16-12(14(18)19)4-2-3-9-15/h5-8,12H,2-4,9,15H2,1H3,(H,16,17)(H,18,19)/t12-/m0/s1. The lowest BCUT2D eigenvalue weighted by atomic mass is 10.1. The smallest absolute Gasteiger partial charge is 0.326 e. The number of rotatable bonds is 8. The number of methoxy groups -OCH3 is 1. The van der Waals surface area contributed by atoms with Crippen LogP contribution in [0.1, 0.15) is 29.6 Å². The number of unbranched alkanes of at least 4 members (excludes halogenated alkanes) is 1. The molecule has 0 bridgehead atoms. The van der Waals surface area contributed by atoms with Gasteiger partial charge in [0.2, 0.25) is 0 Å². The molecule has 110 valence electrons. The number of carbonyl (C=O) groups excluding carboxylic acids is 1. The maximum Gasteiger partial charge on any atom is 0.326 e. The minimum atomic E-state index is -1.04. The molecule has 20 heavy (non-hydrogen) atoms. The van der Waals surface area contributed by atoms with Crippen LogP contribution in [-0.4, -0.2) is 36.7 Å². The normalized spacial score (nSPS) is 11.7. The number of carboxylic acids is 1. The number of benzene rings is 1. The maximum absolute atomic E-state index is 12.0. The molecule has 1 amide bonds. The van der Waals surface area contributed by atoms with Crippen molar-refractivity contribution in [3.05, 3.63) is 29.8 Å². The molecule has 6 nitrogen and oxygen atoms in total. The Balaban J connectivity index is 2.62. The molecule has 0 aromatic heterocycles. The molecule has 1 rings (SSSR count). The Labute approximate surface area is 117 Å². The van der Waals surface area contributed by atoms with Crippen molar-refractivity contribution in [1.82, 2.24) is 5.32 Å². The zero-order chi connectivity index (χ0) is 15.0. The Bertz CT molecular complexity index is 445. The molecule has 0 unspecified atom stereocenters. The molecular formula is C14H20N2O4. The van der Waals surface area contributed by atoms with Crippen molar-refractivity contribution in [2.45, 2.75) is 25.3 Å². The van der Waals surface area contributed by atoms with Crippen molar-refractivity contribution in [2.75, 3.05) is 13.7 Å². The molecule has 6 heteroatoms. The van der Waals surface area contributed by atoms with E-state index in [9.17, 15) is 9.59 Å². The van der Waals surface area contributed by atoms with Gasteiger partial charge in [-0.05, 0) is 50.1 Å². The lowest BCUT2D eigenvalue weighted by molar-refractivity contribution is -0.139. The summed E-state index contributed by atoms with van der Waals surface area (Å²) >= 11 is 0. The van der Waals surface area contributed by atoms with Gasteiger partial charge in [0.1, 0.15) is 11.8 Å². The van der Waals surface area contributed by atoms with Crippen LogP contribution in [0.25, 0.3) is 0 Å². The summed E-state index contributed by atoms with van der Waals surface area (Å²) in [7, 11) is 1.53. The molecule has 0 aliphatic rings. The third kappa shape index (κ3) is 4.89. The van der Waals surface area contributed by atoms with Gasteiger partial charge < -0.3 is 20.9 Å². The largest absolute Gasteiger partial charge is 0.497 e. The SMILES string of the molecule is COc1ccc(C(=O)N[C@@H](CCCCN)C(=O)O)cc1. The van der Waals surface area contributed by atoms with Crippen LogP contribution in [0.4, 0.5) is 0 Å². The van der Waals surface area contributed by atoms with E-state index in [2.05, 4.69) is 5.32 Å². The van der Waals surface area contributed by atoms with E-state index in [1.165, 1.54) is 7.11 Å². The predicted octanol–water partition coefficient (Wildman–Crippen LogP) is 1.01. The van der Waals surface area contributed by atoms with Crippen LogP contribution < -0.4 is 15.8 Å². The molecule has 0 saturated carbocycles. The topological polar surface area (TPSA) is 102 Å². The third-order valence-electron chi connectivity index (χ3n) is 2.90. The number of amides is 1. The number of hydrogen-bond acceptors (Lipinski definition) is 4. The molecule has 1 aromatic carbocycles.